The Hall–Kier alpha value is -0.573. The Morgan fingerprint density at radius 3 is 2.67 bits per heavy atom. The van der Waals surface area contributed by atoms with Gasteiger partial charge >= 0.3 is 0 Å². The van der Waals surface area contributed by atoms with Crippen molar-refractivity contribution in [3.05, 3.63) is 6.26 Å². The molecule has 70 valence electrons. The fourth-order valence-electron chi connectivity index (χ4n) is 0.776. The minimum atomic E-state index is -1.43. The molecule has 0 amide bonds. The third-order valence-corrected chi connectivity index (χ3v) is 4.39. The maximum absolute atomic E-state index is 9.70. The second kappa shape index (κ2) is 6.00. The van der Waals surface area contributed by atoms with E-state index in [2.05, 4.69) is 13.1 Å². The van der Waals surface area contributed by atoms with Crippen LogP contribution in [0.2, 0.25) is 19.1 Å². The Kier molecular flexibility index (Phi) is 5.71. The first-order valence-corrected chi connectivity index (χ1v) is 7.10. The molecule has 0 radical (unpaired) electrons. The highest BCUT2D eigenvalue weighted by Gasteiger charge is 2.19. The summed E-state index contributed by atoms with van der Waals surface area (Å²) in [6.07, 6.45) is 1.99. The van der Waals surface area contributed by atoms with Crippen LogP contribution >= 0.6 is 0 Å². The summed E-state index contributed by atoms with van der Waals surface area (Å²) in [5.74, 6) is 1.56. The molecular formula is C8H16O3Si. The Bertz CT molecular complexity index is 162. The van der Waals surface area contributed by atoms with Gasteiger partial charge in [0.2, 0.25) is 0 Å². The monoisotopic (exact) mass is 188 g/mol. The summed E-state index contributed by atoms with van der Waals surface area (Å²) in [6, 6.07) is 1.05. The molecule has 0 rings (SSSR count). The molecule has 0 aliphatic heterocycles. The number of ether oxygens (including phenoxy) is 1. The summed E-state index contributed by atoms with van der Waals surface area (Å²) in [6.45, 7) is 4.89. The summed E-state index contributed by atoms with van der Waals surface area (Å²) in [4.78, 5) is 9.70. The molecule has 0 heterocycles. The Labute approximate surface area is 74.5 Å². The quantitative estimate of drug-likeness (QED) is 0.275. The molecule has 0 fully saturated rings. The van der Waals surface area contributed by atoms with Gasteiger partial charge in [-0.3, -0.25) is 0 Å². The molecule has 4 heteroatoms. The van der Waals surface area contributed by atoms with Crippen LogP contribution in [-0.2, 0) is 14.0 Å². The number of hydrogen-bond acceptors (Lipinski definition) is 3. The van der Waals surface area contributed by atoms with Crippen molar-refractivity contribution in [1.82, 2.24) is 0 Å². The Morgan fingerprint density at radius 1 is 1.50 bits per heavy atom. The van der Waals surface area contributed by atoms with Crippen LogP contribution in [0, 0.1) is 0 Å². The molecule has 0 aliphatic carbocycles. The zero-order valence-electron chi connectivity index (χ0n) is 7.92. The van der Waals surface area contributed by atoms with Crippen LogP contribution in [0.1, 0.15) is 6.42 Å². The Morgan fingerprint density at radius 2 is 2.17 bits per heavy atom. The van der Waals surface area contributed by atoms with Gasteiger partial charge in [-0.05, 0) is 25.6 Å². The third-order valence-electron chi connectivity index (χ3n) is 1.73. The smallest absolute Gasteiger partial charge is 0.186 e. The largest absolute Gasteiger partial charge is 0.490 e. The molecule has 0 saturated carbocycles. The van der Waals surface area contributed by atoms with E-state index in [0.29, 0.717) is 6.61 Å². The number of hydrogen-bond donors (Lipinski definition) is 0. The van der Waals surface area contributed by atoms with E-state index >= 15 is 0 Å². The van der Waals surface area contributed by atoms with Crippen LogP contribution < -0.4 is 0 Å². The van der Waals surface area contributed by atoms with Gasteiger partial charge in [-0.15, -0.1) is 0 Å². The molecule has 0 bridgehead atoms. The summed E-state index contributed by atoms with van der Waals surface area (Å²) < 4.78 is 10.2. The topological polar surface area (TPSA) is 35.5 Å². The van der Waals surface area contributed by atoms with Crippen molar-refractivity contribution in [3.63, 3.8) is 0 Å². The van der Waals surface area contributed by atoms with E-state index in [1.165, 1.54) is 0 Å². The van der Waals surface area contributed by atoms with Crippen LogP contribution in [0.5, 0.6) is 0 Å². The number of carbonyl (C=O) groups excluding carboxylic acids is 1. The van der Waals surface area contributed by atoms with Gasteiger partial charge in [0.05, 0.1) is 6.61 Å². The van der Waals surface area contributed by atoms with Crippen molar-refractivity contribution in [2.75, 3.05) is 13.7 Å². The third kappa shape index (κ3) is 6.16. The van der Waals surface area contributed by atoms with Crippen LogP contribution in [0.25, 0.3) is 0 Å². The van der Waals surface area contributed by atoms with Crippen molar-refractivity contribution in [2.24, 2.45) is 0 Å². The lowest BCUT2D eigenvalue weighted by atomic mass is 10.5. The predicted octanol–water partition coefficient (Wildman–Crippen LogP) is 1.59. The highest BCUT2D eigenvalue weighted by molar-refractivity contribution is 6.71. The molecule has 12 heavy (non-hydrogen) atoms. The van der Waals surface area contributed by atoms with Gasteiger partial charge < -0.3 is 9.16 Å². The lowest BCUT2D eigenvalue weighted by molar-refractivity contribution is 0.249. The summed E-state index contributed by atoms with van der Waals surface area (Å²) in [5, 5.41) is 0. The first kappa shape index (κ1) is 11.4. The first-order chi connectivity index (χ1) is 5.62. The molecule has 0 atom stereocenters. The van der Waals surface area contributed by atoms with Crippen LogP contribution in [-0.4, -0.2) is 28.0 Å². The van der Waals surface area contributed by atoms with E-state index in [1.54, 1.807) is 13.1 Å². The summed E-state index contributed by atoms with van der Waals surface area (Å²) >= 11 is 0. The van der Waals surface area contributed by atoms with Crippen molar-refractivity contribution in [2.45, 2.75) is 25.6 Å². The molecule has 0 unspecified atom stereocenters. The van der Waals surface area contributed by atoms with E-state index in [-0.39, 0.29) is 0 Å². The molecule has 0 aromatic carbocycles. The van der Waals surface area contributed by atoms with E-state index in [1.807, 2.05) is 0 Å². The molecule has 3 nitrogen and oxygen atoms in total. The lowest BCUT2D eigenvalue weighted by Gasteiger charge is -2.18. The molecule has 0 N–H and O–H groups in total. The van der Waals surface area contributed by atoms with Crippen molar-refractivity contribution in [1.29, 1.82) is 0 Å². The van der Waals surface area contributed by atoms with Gasteiger partial charge in [-0.2, -0.15) is 0 Å². The van der Waals surface area contributed by atoms with Gasteiger partial charge in [0.25, 0.3) is 0 Å². The minimum Gasteiger partial charge on any atom is -0.490 e. The molecule has 0 aromatic heterocycles. The molecular weight excluding hydrogens is 172 g/mol. The van der Waals surface area contributed by atoms with Crippen molar-refractivity contribution >= 4 is 14.3 Å². The zero-order chi connectivity index (χ0) is 9.45. The van der Waals surface area contributed by atoms with Gasteiger partial charge in [0.1, 0.15) is 0 Å². The molecule has 0 aromatic rings. The molecule has 0 saturated heterocycles. The van der Waals surface area contributed by atoms with Crippen LogP contribution in [0.4, 0.5) is 0 Å². The fourth-order valence-corrected chi connectivity index (χ4v) is 1.98. The average molecular weight is 188 g/mol. The molecule has 0 aliphatic rings. The summed E-state index contributed by atoms with van der Waals surface area (Å²) in [7, 11) is 0.319. The maximum Gasteiger partial charge on any atom is 0.186 e. The SMILES string of the molecule is CO[Si](C)(C)CCCOC=C=O. The second-order valence-corrected chi connectivity index (χ2v) is 7.60. The van der Waals surface area contributed by atoms with Crippen molar-refractivity contribution in [3.8, 4) is 0 Å². The van der Waals surface area contributed by atoms with E-state index in [4.69, 9.17) is 9.16 Å². The van der Waals surface area contributed by atoms with E-state index in [9.17, 15) is 4.79 Å². The van der Waals surface area contributed by atoms with Gasteiger partial charge in [0, 0.05) is 7.11 Å². The lowest BCUT2D eigenvalue weighted by Crippen LogP contribution is -2.28. The standard InChI is InChI=1S/C8H16O3Si/c1-10-12(2,3)8-4-6-11-7-5-9/h7H,4,6,8H2,1-3H3. The average Bonchev–Trinajstić information content (AvgIpc) is 2.04. The normalized spacial score (nSPS) is 10.6. The zero-order valence-corrected chi connectivity index (χ0v) is 8.92. The minimum absolute atomic E-state index is 0.578. The van der Waals surface area contributed by atoms with Gasteiger partial charge in [-0.1, -0.05) is 0 Å². The first-order valence-electron chi connectivity index (χ1n) is 3.98. The van der Waals surface area contributed by atoms with Gasteiger partial charge in [-0.25, -0.2) is 4.79 Å². The van der Waals surface area contributed by atoms with Crippen LogP contribution in [0.15, 0.2) is 6.26 Å². The predicted molar refractivity (Wildman–Crippen MR) is 50.1 cm³/mol. The second-order valence-electron chi connectivity index (χ2n) is 3.17. The highest BCUT2D eigenvalue weighted by atomic mass is 28.4. The van der Waals surface area contributed by atoms with Crippen LogP contribution in [0.3, 0.4) is 0 Å². The van der Waals surface area contributed by atoms with E-state index < -0.39 is 8.32 Å². The van der Waals surface area contributed by atoms with Gasteiger partial charge in [0.15, 0.2) is 20.5 Å². The fraction of sp³-hybridized carbons (Fsp3) is 0.750. The Balaban J connectivity index is 3.36. The number of rotatable bonds is 6. The summed E-state index contributed by atoms with van der Waals surface area (Å²) in [5.41, 5.74) is 0. The van der Waals surface area contributed by atoms with Crippen molar-refractivity contribution < 1.29 is 14.0 Å². The highest BCUT2D eigenvalue weighted by Crippen LogP contribution is 2.11. The molecule has 0 spiro atoms. The van der Waals surface area contributed by atoms with E-state index in [0.717, 1.165) is 18.7 Å². The maximum atomic E-state index is 9.70.